The Labute approximate surface area is 299 Å². The number of fused-ring (bicyclic) bond motifs is 6. The Balaban J connectivity index is 1.17. The topological polar surface area (TPSA) is 38.7 Å². The molecule has 0 saturated heterocycles. The molecule has 8 aromatic carbocycles. The van der Waals surface area contributed by atoms with Crippen LogP contribution in [0.3, 0.4) is 0 Å². The van der Waals surface area contributed by atoms with E-state index in [9.17, 15) is 0 Å². The van der Waals surface area contributed by atoms with Crippen molar-refractivity contribution in [3.8, 4) is 56.4 Å². The zero-order valence-corrected chi connectivity index (χ0v) is 28.3. The highest BCUT2D eigenvalue weighted by Gasteiger charge is 2.18. The van der Waals surface area contributed by atoms with Crippen LogP contribution in [0.1, 0.15) is 0 Å². The van der Waals surface area contributed by atoms with Gasteiger partial charge in [-0.2, -0.15) is 0 Å². The Bertz CT molecular complexity index is 2910. The van der Waals surface area contributed by atoms with Crippen molar-refractivity contribution in [1.82, 2.24) is 15.0 Å². The van der Waals surface area contributed by atoms with Crippen molar-refractivity contribution in [2.45, 2.75) is 0 Å². The van der Waals surface area contributed by atoms with Gasteiger partial charge in [0.15, 0.2) is 17.5 Å². The highest BCUT2D eigenvalue weighted by Crippen LogP contribution is 2.40. The quantitative estimate of drug-likeness (QED) is 0.171. The largest absolute Gasteiger partial charge is 0.208 e. The van der Waals surface area contributed by atoms with Gasteiger partial charge in [0.1, 0.15) is 0 Å². The zero-order valence-electron chi connectivity index (χ0n) is 27.5. The lowest BCUT2D eigenvalue weighted by Gasteiger charge is -2.13. The number of thiophene rings is 1. The van der Waals surface area contributed by atoms with Gasteiger partial charge in [-0.25, -0.2) is 15.0 Å². The molecule has 2 heterocycles. The first-order valence-electron chi connectivity index (χ1n) is 17.1. The monoisotopic (exact) mass is 667 g/mol. The fourth-order valence-electron chi connectivity index (χ4n) is 7.27. The smallest absolute Gasteiger partial charge is 0.164 e. The van der Waals surface area contributed by atoms with Crippen LogP contribution >= 0.6 is 11.3 Å². The number of aromatic nitrogens is 3. The Morgan fingerprint density at radius 3 is 1.65 bits per heavy atom. The summed E-state index contributed by atoms with van der Waals surface area (Å²) < 4.78 is 2.47. The van der Waals surface area contributed by atoms with Crippen molar-refractivity contribution >= 4 is 53.1 Å². The first-order chi connectivity index (χ1) is 25.3. The molecule has 0 fully saturated rings. The summed E-state index contributed by atoms with van der Waals surface area (Å²) in [6, 6.07) is 62.2. The van der Waals surface area contributed by atoms with Crippen LogP contribution in [0.15, 0.2) is 176 Å². The number of hydrogen-bond donors (Lipinski definition) is 0. The maximum absolute atomic E-state index is 5.28. The van der Waals surface area contributed by atoms with Crippen LogP contribution in [0, 0.1) is 0 Å². The van der Waals surface area contributed by atoms with Crippen molar-refractivity contribution < 1.29 is 0 Å². The molecule has 0 aliphatic carbocycles. The van der Waals surface area contributed by atoms with E-state index in [0.717, 1.165) is 33.0 Å². The Morgan fingerprint density at radius 2 is 0.843 bits per heavy atom. The molecular formula is C47H29N3S. The third-order valence-corrected chi connectivity index (χ3v) is 10.9. The molecule has 0 bridgehead atoms. The minimum absolute atomic E-state index is 0.647. The molecule has 0 aliphatic heterocycles. The number of nitrogens with zero attached hydrogens (tertiary/aromatic N) is 3. The lowest BCUT2D eigenvalue weighted by Crippen LogP contribution is -2.01. The molecule has 0 aliphatic rings. The van der Waals surface area contributed by atoms with E-state index < -0.39 is 0 Å². The maximum atomic E-state index is 5.28. The standard InChI is InChI=1S/C47H29N3S/c1-2-11-30(12-3-1)35-15-8-16-36(29-35)31-23-27-34(28-24-31)45-48-46(39-19-9-14-33-26-25-32-13-4-5-17-37(32)43(33)39)50-47(49-45)40-20-10-22-42-44(40)38-18-6-7-21-41(38)51-42/h1-29H. The molecule has 4 heteroatoms. The predicted molar refractivity (Wildman–Crippen MR) is 215 cm³/mol. The van der Waals surface area contributed by atoms with E-state index >= 15 is 0 Å². The van der Waals surface area contributed by atoms with Gasteiger partial charge < -0.3 is 0 Å². The second kappa shape index (κ2) is 12.1. The van der Waals surface area contributed by atoms with Crippen LogP contribution in [-0.2, 0) is 0 Å². The van der Waals surface area contributed by atoms with E-state index in [4.69, 9.17) is 15.0 Å². The summed E-state index contributed by atoms with van der Waals surface area (Å²) in [6.45, 7) is 0. The van der Waals surface area contributed by atoms with E-state index in [1.54, 1.807) is 11.3 Å². The number of benzene rings is 8. The lowest BCUT2D eigenvalue weighted by molar-refractivity contribution is 1.08. The molecule has 0 amide bonds. The molecule has 2 aromatic heterocycles. The van der Waals surface area contributed by atoms with Crippen molar-refractivity contribution in [2.75, 3.05) is 0 Å². The third-order valence-electron chi connectivity index (χ3n) is 9.74. The van der Waals surface area contributed by atoms with Crippen LogP contribution in [0.2, 0.25) is 0 Å². The van der Waals surface area contributed by atoms with Gasteiger partial charge >= 0.3 is 0 Å². The van der Waals surface area contributed by atoms with Gasteiger partial charge in [0.05, 0.1) is 0 Å². The van der Waals surface area contributed by atoms with Crippen LogP contribution in [-0.4, -0.2) is 15.0 Å². The van der Waals surface area contributed by atoms with E-state index in [0.29, 0.717) is 17.5 Å². The minimum Gasteiger partial charge on any atom is -0.208 e. The molecular weight excluding hydrogens is 639 g/mol. The Morgan fingerprint density at radius 1 is 0.314 bits per heavy atom. The molecule has 0 spiro atoms. The van der Waals surface area contributed by atoms with Crippen LogP contribution in [0.4, 0.5) is 0 Å². The van der Waals surface area contributed by atoms with Gasteiger partial charge in [-0.05, 0) is 56.6 Å². The van der Waals surface area contributed by atoms with Gasteiger partial charge in [0, 0.05) is 42.2 Å². The van der Waals surface area contributed by atoms with Gasteiger partial charge in [-0.3, -0.25) is 0 Å². The highest BCUT2D eigenvalue weighted by atomic mass is 32.1. The summed E-state index contributed by atoms with van der Waals surface area (Å²) in [5.74, 6) is 1.97. The normalized spacial score (nSPS) is 11.5. The van der Waals surface area contributed by atoms with Crippen molar-refractivity contribution in [3.63, 3.8) is 0 Å². The summed E-state index contributed by atoms with van der Waals surface area (Å²) in [5.41, 5.74) is 7.65. The zero-order chi connectivity index (χ0) is 33.7. The van der Waals surface area contributed by atoms with Crippen molar-refractivity contribution in [1.29, 1.82) is 0 Å². The second-order valence-corrected chi connectivity index (χ2v) is 13.9. The summed E-state index contributed by atoms with van der Waals surface area (Å²) in [6.07, 6.45) is 0. The van der Waals surface area contributed by atoms with E-state index in [-0.39, 0.29) is 0 Å². The van der Waals surface area contributed by atoms with Crippen molar-refractivity contribution in [2.24, 2.45) is 0 Å². The molecule has 0 saturated carbocycles. The van der Waals surface area contributed by atoms with Gasteiger partial charge in [0.2, 0.25) is 0 Å². The summed E-state index contributed by atoms with van der Waals surface area (Å²) in [5, 5.41) is 7.07. The lowest BCUT2D eigenvalue weighted by atomic mass is 9.97. The van der Waals surface area contributed by atoms with E-state index in [2.05, 4.69) is 176 Å². The SMILES string of the molecule is c1ccc(-c2cccc(-c3ccc(-c4nc(-c5cccc6ccc7ccccc7c56)nc(-c5cccc6sc7ccccc7c56)n4)cc3)c2)cc1. The summed E-state index contributed by atoms with van der Waals surface area (Å²) in [7, 11) is 0. The van der Waals surface area contributed by atoms with Gasteiger partial charge in [0.25, 0.3) is 0 Å². The molecule has 0 atom stereocenters. The Hall–Kier alpha value is -6.49. The van der Waals surface area contributed by atoms with Gasteiger partial charge in [-0.1, -0.05) is 158 Å². The average molecular weight is 668 g/mol. The van der Waals surface area contributed by atoms with E-state index in [1.165, 1.54) is 47.6 Å². The molecule has 0 unspecified atom stereocenters. The fourth-order valence-corrected chi connectivity index (χ4v) is 8.41. The second-order valence-electron chi connectivity index (χ2n) is 12.8. The maximum Gasteiger partial charge on any atom is 0.164 e. The summed E-state index contributed by atoms with van der Waals surface area (Å²) in [4.78, 5) is 15.7. The van der Waals surface area contributed by atoms with Gasteiger partial charge in [-0.15, -0.1) is 11.3 Å². The molecule has 0 N–H and O–H groups in total. The predicted octanol–water partition coefficient (Wildman–Crippen LogP) is 12.9. The van der Waals surface area contributed by atoms with Crippen LogP contribution in [0.5, 0.6) is 0 Å². The molecule has 51 heavy (non-hydrogen) atoms. The number of hydrogen-bond acceptors (Lipinski definition) is 4. The Kier molecular flexibility index (Phi) is 7.00. The van der Waals surface area contributed by atoms with Crippen molar-refractivity contribution in [3.05, 3.63) is 176 Å². The first-order valence-corrected chi connectivity index (χ1v) is 17.9. The van der Waals surface area contributed by atoms with Crippen LogP contribution < -0.4 is 0 Å². The van der Waals surface area contributed by atoms with E-state index in [1.807, 2.05) is 0 Å². The molecule has 10 rings (SSSR count). The fraction of sp³-hybridized carbons (Fsp3) is 0. The van der Waals surface area contributed by atoms with Crippen LogP contribution in [0.25, 0.3) is 98.1 Å². The molecule has 238 valence electrons. The number of rotatable bonds is 5. The highest BCUT2D eigenvalue weighted by molar-refractivity contribution is 7.25. The molecule has 10 aromatic rings. The first kappa shape index (κ1) is 29.4. The molecule has 0 radical (unpaired) electrons. The summed E-state index contributed by atoms with van der Waals surface area (Å²) >= 11 is 1.80. The average Bonchev–Trinajstić information content (AvgIpc) is 3.60. The third kappa shape index (κ3) is 5.16. The minimum atomic E-state index is 0.647. The molecule has 3 nitrogen and oxygen atoms in total.